The van der Waals surface area contributed by atoms with E-state index in [4.69, 9.17) is 16.3 Å². The van der Waals surface area contributed by atoms with Crippen molar-refractivity contribution in [3.8, 4) is 5.75 Å². The summed E-state index contributed by atoms with van der Waals surface area (Å²) in [4.78, 5) is 38.3. The highest BCUT2D eigenvalue weighted by Crippen LogP contribution is 2.51. The van der Waals surface area contributed by atoms with Crippen molar-refractivity contribution in [1.29, 1.82) is 0 Å². The number of rotatable bonds is 6. The Hall–Kier alpha value is -3.34. The fraction of sp³-hybridized carbons (Fsp3) is 0.348. The minimum atomic E-state index is -4.87. The molecule has 0 aromatic heterocycles. The van der Waals surface area contributed by atoms with Gasteiger partial charge < -0.3 is 15.2 Å². The third-order valence-electron chi connectivity index (χ3n) is 5.93. The predicted octanol–water partition coefficient (Wildman–Crippen LogP) is 5.14. The summed E-state index contributed by atoms with van der Waals surface area (Å²) in [5, 5.41) is 11.6. The zero-order valence-corrected chi connectivity index (χ0v) is 19.5. The lowest BCUT2D eigenvalue weighted by molar-refractivity contribution is -0.140. The van der Waals surface area contributed by atoms with E-state index in [9.17, 15) is 32.7 Å². The van der Waals surface area contributed by atoms with Gasteiger partial charge in [-0.2, -0.15) is 13.2 Å². The van der Waals surface area contributed by atoms with Gasteiger partial charge in [-0.25, -0.2) is 18.9 Å². The first-order valence-corrected chi connectivity index (χ1v) is 10.8. The first kappa shape index (κ1) is 26.3. The fourth-order valence-corrected chi connectivity index (χ4v) is 4.03. The minimum absolute atomic E-state index is 0.00435. The number of benzene rings is 2. The van der Waals surface area contributed by atoms with Gasteiger partial charge in [0.2, 0.25) is 5.67 Å². The van der Waals surface area contributed by atoms with Crippen LogP contribution in [0, 0.1) is 5.92 Å². The molecule has 2 N–H and O–H groups in total. The second kappa shape index (κ2) is 9.37. The van der Waals surface area contributed by atoms with Gasteiger partial charge in [-0.05, 0) is 36.2 Å². The van der Waals surface area contributed by atoms with Crippen molar-refractivity contribution in [2.24, 2.45) is 5.92 Å². The van der Waals surface area contributed by atoms with Crippen LogP contribution in [0.3, 0.4) is 0 Å². The van der Waals surface area contributed by atoms with Gasteiger partial charge in [0.25, 0.3) is 5.91 Å². The van der Waals surface area contributed by atoms with Gasteiger partial charge in [0.1, 0.15) is 11.8 Å². The highest BCUT2D eigenvalue weighted by Gasteiger charge is 2.57. The molecule has 2 aromatic carbocycles. The molecule has 12 heteroatoms. The number of halogens is 5. The van der Waals surface area contributed by atoms with E-state index in [0.29, 0.717) is 18.6 Å². The van der Waals surface area contributed by atoms with Crippen LogP contribution in [0.15, 0.2) is 36.4 Å². The monoisotopic (exact) mass is 516 g/mol. The van der Waals surface area contributed by atoms with E-state index in [0.717, 1.165) is 12.1 Å². The molecule has 3 amide bonds. The topological polar surface area (TPSA) is 95.9 Å². The maximum Gasteiger partial charge on any atom is 0.416 e. The smallest absolute Gasteiger partial charge is 0.416 e. The maximum absolute atomic E-state index is 16.7. The molecule has 0 saturated heterocycles. The average molecular weight is 517 g/mol. The van der Waals surface area contributed by atoms with Gasteiger partial charge in [0.15, 0.2) is 0 Å². The van der Waals surface area contributed by atoms with Gasteiger partial charge in [0, 0.05) is 16.1 Å². The summed E-state index contributed by atoms with van der Waals surface area (Å²) >= 11 is 5.99. The van der Waals surface area contributed by atoms with E-state index in [2.05, 4.69) is 5.32 Å². The van der Waals surface area contributed by atoms with Crippen molar-refractivity contribution < 1.29 is 41.8 Å². The van der Waals surface area contributed by atoms with Gasteiger partial charge in [-0.15, -0.1) is 0 Å². The molecule has 2 aromatic rings. The SMILES string of the molecule is CC[C@H](C)[C@H](NC(=O)N1C(=O)C(F)(c2cc(Cl)ccc2OC)c2ccc(C(F)(F)F)cc21)C(=O)O. The number of nitrogens with one attached hydrogen (secondary N) is 1. The number of carboxylic acids is 1. The number of hydrogen-bond acceptors (Lipinski definition) is 4. The molecule has 188 valence electrons. The highest BCUT2D eigenvalue weighted by molar-refractivity contribution is 6.31. The number of carbonyl (C=O) groups excluding carboxylic acids is 2. The standard InChI is InChI=1S/C23H21ClF4N2O5/c1-4-11(2)18(19(31)32)29-21(34)30-16-9-12(23(26,27)28)5-7-14(16)22(25,20(30)33)15-10-13(24)6-8-17(15)35-3/h5-11,18H,4H2,1-3H3,(H,29,34)(H,31,32)/t11-,18-,22?/m0/s1. The summed E-state index contributed by atoms with van der Waals surface area (Å²) in [7, 11) is 1.19. The van der Waals surface area contributed by atoms with Crippen LogP contribution in [-0.4, -0.2) is 36.2 Å². The number of amides is 3. The molecule has 35 heavy (non-hydrogen) atoms. The number of urea groups is 1. The number of nitrogens with zero attached hydrogens (tertiary/aromatic N) is 1. The zero-order chi connectivity index (χ0) is 26.3. The summed E-state index contributed by atoms with van der Waals surface area (Å²) in [5.41, 5.74) is -6.05. The second-order valence-electron chi connectivity index (χ2n) is 8.02. The molecule has 1 heterocycles. The molecule has 0 radical (unpaired) electrons. The Labute approximate surface area is 202 Å². The van der Waals surface area contributed by atoms with E-state index in [1.807, 2.05) is 0 Å². The molecule has 1 unspecified atom stereocenters. The Bertz CT molecular complexity index is 1190. The number of alkyl halides is 4. The number of aliphatic carboxylic acids is 1. The Morgan fingerprint density at radius 3 is 2.40 bits per heavy atom. The number of carbonyl (C=O) groups is 3. The maximum atomic E-state index is 16.7. The van der Waals surface area contributed by atoms with Crippen molar-refractivity contribution in [1.82, 2.24) is 5.32 Å². The predicted molar refractivity (Wildman–Crippen MR) is 118 cm³/mol. The van der Waals surface area contributed by atoms with Gasteiger partial charge in [-0.1, -0.05) is 37.9 Å². The molecule has 3 rings (SSSR count). The van der Waals surface area contributed by atoms with Gasteiger partial charge in [-0.3, -0.25) is 4.79 Å². The minimum Gasteiger partial charge on any atom is -0.496 e. The lowest BCUT2D eigenvalue weighted by Gasteiger charge is -2.25. The quantitative estimate of drug-likeness (QED) is 0.519. The highest BCUT2D eigenvalue weighted by atomic mass is 35.5. The summed E-state index contributed by atoms with van der Waals surface area (Å²) in [6, 6.07) is 2.63. The van der Waals surface area contributed by atoms with Crippen LogP contribution in [0.4, 0.5) is 28.0 Å². The Balaban J connectivity index is 2.23. The van der Waals surface area contributed by atoms with Crippen LogP contribution in [-0.2, 0) is 21.4 Å². The van der Waals surface area contributed by atoms with Crippen molar-refractivity contribution in [3.05, 3.63) is 58.1 Å². The van der Waals surface area contributed by atoms with Crippen LogP contribution in [0.5, 0.6) is 5.75 Å². The second-order valence-corrected chi connectivity index (χ2v) is 8.46. The van der Waals surface area contributed by atoms with E-state index in [-0.39, 0.29) is 15.7 Å². The van der Waals surface area contributed by atoms with Crippen LogP contribution in [0.2, 0.25) is 5.02 Å². The molecule has 0 bridgehead atoms. The normalized spacial score (nSPS) is 19.2. The number of ether oxygens (including phenoxy) is 1. The van der Waals surface area contributed by atoms with E-state index in [1.165, 1.54) is 26.2 Å². The molecular formula is C23H21ClF4N2O5. The average Bonchev–Trinajstić information content (AvgIpc) is 3.03. The largest absolute Gasteiger partial charge is 0.496 e. The molecule has 0 spiro atoms. The van der Waals surface area contributed by atoms with Crippen molar-refractivity contribution >= 4 is 35.2 Å². The van der Waals surface area contributed by atoms with Crippen LogP contribution in [0.25, 0.3) is 0 Å². The molecule has 1 aliphatic rings. The summed E-state index contributed by atoms with van der Waals surface area (Å²) in [5.74, 6) is -3.70. The third kappa shape index (κ3) is 4.52. The van der Waals surface area contributed by atoms with E-state index < -0.39 is 64.1 Å². The number of fused-ring (bicyclic) bond motifs is 1. The lowest BCUT2D eigenvalue weighted by Crippen LogP contribution is -2.53. The van der Waals surface area contributed by atoms with Gasteiger partial charge in [0.05, 0.1) is 18.4 Å². The Morgan fingerprint density at radius 2 is 1.86 bits per heavy atom. The van der Waals surface area contributed by atoms with Crippen molar-refractivity contribution in [2.45, 2.75) is 38.2 Å². The molecule has 0 saturated carbocycles. The van der Waals surface area contributed by atoms with Crippen LogP contribution >= 0.6 is 11.6 Å². The van der Waals surface area contributed by atoms with Crippen molar-refractivity contribution in [3.63, 3.8) is 0 Å². The molecule has 7 nitrogen and oxygen atoms in total. The first-order valence-electron chi connectivity index (χ1n) is 10.4. The number of methoxy groups -OCH3 is 1. The summed E-state index contributed by atoms with van der Waals surface area (Å²) in [6.07, 6.45) is -4.54. The van der Waals surface area contributed by atoms with Crippen molar-refractivity contribution in [2.75, 3.05) is 12.0 Å². The van der Waals surface area contributed by atoms with Crippen LogP contribution < -0.4 is 15.0 Å². The molecular weight excluding hydrogens is 496 g/mol. The zero-order valence-electron chi connectivity index (χ0n) is 18.7. The lowest BCUT2D eigenvalue weighted by atomic mass is 9.88. The Kier molecular flexibility index (Phi) is 7.03. The van der Waals surface area contributed by atoms with Gasteiger partial charge >= 0.3 is 18.2 Å². The summed E-state index contributed by atoms with van der Waals surface area (Å²) < 4.78 is 62.1. The van der Waals surface area contributed by atoms with Crippen LogP contribution in [0.1, 0.15) is 37.0 Å². The molecule has 1 aliphatic heterocycles. The van der Waals surface area contributed by atoms with E-state index in [1.54, 1.807) is 6.92 Å². The number of carboxylic acid groups (broad SMARTS) is 1. The fourth-order valence-electron chi connectivity index (χ4n) is 3.85. The summed E-state index contributed by atoms with van der Waals surface area (Å²) in [6.45, 7) is 3.19. The Morgan fingerprint density at radius 1 is 1.20 bits per heavy atom. The number of anilines is 1. The first-order chi connectivity index (χ1) is 16.3. The number of hydrogen-bond donors (Lipinski definition) is 2. The third-order valence-corrected chi connectivity index (χ3v) is 6.16. The number of imide groups is 1. The molecule has 0 fully saturated rings. The van der Waals surface area contributed by atoms with E-state index >= 15 is 4.39 Å². The molecule has 3 atom stereocenters. The molecule has 0 aliphatic carbocycles.